The minimum atomic E-state index is -1.62. The summed E-state index contributed by atoms with van der Waals surface area (Å²) in [5.41, 5.74) is 2.51. The van der Waals surface area contributed by atoms with E-state index in [0.717, 1.165) is 75.7 Å². The molecule has 11 nitrogen and oxygen atoms in total. The predicted molar refractivity (Wildman–Crippen MR) is 232 cm³/mol. The fraction of sp³-hybridized carbons (Fsp3) is 0.729. The molecule has 0 bridgehead atoms. The highest BCUT2D eigenvalue weighted by Gasteiger charge is 2.44. The van der Waals surface area contributed by atoms with Crippen LogP contribution in [0.3, 0.4) is 0 Å². The number of aliphatic hydroxyl groups excluding tert-OH is 6. The summed E-state index contributed by atoms with van der Waals surface area (Å²) in [6.07, 6.45) is 14.5. The quantitative estimate of drug-likeness (QED) is 0.0349. The lowest BCUT2D eigenvalue weighted by Crippen LogP contribution is -2.60. The number of rotatable bonds is 33. The smallest absolute Gasteiger partial charge is 0.220 e. The predicted octanol–water partition coefficient (Wildman–Crippen LogP) is 7.96. The highest BCUT2D eigenvalue weighted by atomic mass is 16.7. The maximum absolute atomic E-state index is 13.0. The van der Waals surface area contributed by atoms with E-state index in [-0.39, 0.29) is 18.9 Å². The van der Waals surface area contributed by atoms with Crippen LogP contribution in [0.2, 0.25) is 0 Å². The van der Waals surface area contributed by atoms with E-state index in [0.29, 0.717) is 12.8 Å². The summed E-state index contributed by atoms with van der Waals surface area (Å²) in [6.45, 7) is 3.37. The first-order valence-corrected chi connectivity index (χ1v) is 23.0. The fourth-order valence-electron chi connectivity index (χ4n) is 7.68. The van der Waals surface area contributed by atoms with E-state index in [2.05, 4.69) is 31.3 Å². The van der Waals surface area contributed by atoms with Crippen LogP contribution in [-0.2, 0) is 20.7 Å². The molecule has 3 rings (SSSR count). The molecule has 1 heterocycles. The lowest BCUT2D eigenvalue weighted by Gasteiger charge is -2.40. The second-order valence-electron chi connectivity index (χ2n) is 16.8. The Morgan fingerprint density at radius 1 is 0.678 bits per heavy atom. The number of amides is 1. The van der Waals surface area contributed by atoms with Gasteiger partial charge in [-0.15, -0.1) is 0 Å². The first-order chi connectivity index (χ1) is 28.6. The molecule has 1 amide bonds. The second kappa shape index (κ2) is 30.4. The standard InChI is InChI=1S/C48H79NO10/c1-3-4-5-6-7-8-9-10-11-15-18-21-24-41(51)44(53)40(35-57-48-47(56)46(55)45(54)42(34-50)59-48)49-43(52)25-22-19-16-13-12-14-17-20-23-37-28-32-39(33-29-37)58-38-30-26-36(2)27-31-38/h26-33,40-42,44-48,50-51,53-56H,3-25,34-35H2,1-2H3,(H,49,52)/t40-,41+,42?,44-,45-,46-,47?,48+/m0/s1. The molecule has 59 heavy (non-hydrogen) atoms. The minimum absolute atomic E-state index is 0.257. The number of benzene rings is 2. The van der Waals surface area contributed by atoms with Gasteiger partial charge in [0.2, 0.25) is 5.91 Å². The van der Waals surface area contributed by atoms with Gasteiger partial charge in [-0.05, 0) is 62.4 Å². The molecule has 0 aliphatic carbocycles. The van der Waals surface area contributed by atoms with Crippen molar-refractivity contribution in [3.8, 4) is 11.5 Å². The molecule has 8 atom stereocenters. The summed E-state index contributed by atoms with van der Waals surface area (Å²) in [4.78, 5) is 13.0. The van der Waals surface area contributed by atoms with Crippen molar-refractivity contribution in [2.75, 3.05) is 13.2 Å². The molecular weight excluding hydrogens is 751 g/mol. The van der Waals surface area contributed by atoms with Crippen molar-refractivity contribution in [1.82, 2.24) is 5.32 Å². The van der Waals surface area contributed by atoms with E-state index < -0.39 is 55.6 Å². The summed E-state index contributed by atoms with van der Waals surface area (Å²) in [5.74, 6) is 1.40. The Labute approximate surface area is 354 Å². The van der Waals surface area contributed by atoms with Crippen molar-refractivity contribution >= 4 is 5.91 Å². The summed E-state index contributed by atoms with van der Waals surface area (Å²) in [5, 5.41) is 65.2. The van der Waals surface area contributed by atoms with Crippen molar-refractivity contribution in [2.24, 2.45) is 0 Å². The van der Waals surface area contributed by atoms with Crippen LogP contribution in [0.15, 0.2) is 48.5 Å². The number of hydrogen-bond acceptors (Lipinski definition) is 10. The number of nitrogens with one attached hydrogen (secondary N) is 1. The molecule has 0 saturated carbocycles. The molecule has 11 heteroatoms. The van der Waals surface area contributed by atoms with Gasteiger partial charge in [0.25, 0.3) is 0 Å². The van der Waals surface area contributed by atoms with Gasteiger partial charge in [-0.25, -0.2) is 0 Å². The molecule has 0 radical (unpaired) electrons. The Morgan fingerprint density at radius 3 is 1.75 bits per heavy atom. The minimum Gasteiger partial charge on any atom is -0.457 e. The van der Waals surface area contributed by atoms with E-state index >= 15 is 0 Å². The molecule has 1 fully saturated rings. The third-order valence-electron chi connectivity index (χ3n) is 11.6. The lowest BCUT2D eigenvalue weighted by molar-refractivity contribution is -0.303. The first-order valence-electron chi connectivity index (χ1n) is 23.0. The number of carbonyl (C=O) groups excluding carboxylic acids is 1. The Morgan fingerprint density at radius 2 is 1.19 bits per heavy atom. The maximum atomic E-state index is 13.0. The zero-order valence-corrected chi connectivity index (χ0v) is 36.2. The lowest BCUT2D eigenvalue weighted by atomic mass is 9.98. The molecule has 2 unspecified atom stereocenters. The molecule has 2 aromatic rings. The van der Waals surface area contributed by atoms with Gasteiger partial charge >= 0.3 is 0 Å². The molecule has 336 valence electrons. The molecule has 7 N–H and O–H groups in total. The normalized spacial score (nSPS) is 20.9. The van der Waals surface area contributed by atoms with Crippen molar-refractivity contribution in [3.05, 3.63) is 59.7 Å². The number of carbonyl (C=O) groups is 1. The van der Waals surface area contributed by atoms with Crippen LogP contribution >= 0.6 is 0 Å². The van der Waals surface area contributed by atoms with Crippen molar-refractivity contribution in [3.63, 3.8) is 0 Å². The van der Waals surface area contributed by atoms with Crippen LogP contribution in [-0.4, -0.2) is 98.7 Å². The molecule has 1 saturated heterocycles. The van der Waals surface area contributed by atoms with E-state index in [9.17, 15) is 35.4 Å². The molecular formula is C48H79NO10. The Bertz CT molecular complexity index is 1340. The van der Waals surface area contributed by atoms with Gasteiger partial charge in [0, 0.05) is 6.42 Å². The van der Waals surface area contributed by atoms with Gasteiger partial charge in [0.05, 0.1) is 25.4 Å². The molecule has 0 aromatic heterocycles. The first kappa shape index (κ1) is 50.7. The fourth-order valence-corrected chi connectivity index (χ4v) is 7.68. The summed E-state index contributed by atoms with van der Waals surface area (Å²) < 4.78 is 17.1. The van der Waals surface area contributed by atoms with Crippen LogP contribution in [0.4, 0.5) is 0 Å². The Hall–Kier alpha value is -2.61. The zero-order chi connectivity index (χ0) is 42.7. The number of aliphatic hydroxyl groups is 6. The van der Waals surface area contributed by atoms with E-state index in [1.165, 1.54) is 75.3 Å². The van der Waals surface area contributed by atoms with Crippen LogP contribution < -0.4 is 10.1 Å². The molecule has 1 aliphatic rings. The largest absolute Gasteiger partial charge is 0.457 e. The molecule has 2 aromatic carbocycles. The average Bonchev–Trinajstić information content (AvgIpc) is 3.24. The monoisotopic (exact) mass is 830 g/mol. The molecule has 0 spiro atoms. The third kappa shape index (κ3) is 20.7. The van der Waals surface area contributed by atoms with Gasteiger partial charge in [-0.3, -0.25) is 4.79 Å². The van der Waals surface area contributed by atoms with Gasteiger partial charge in [0.1, 0.15) is 42.0 Å². The van der Waals surface area contributed by atoms with E-state index in [4.69, 9.17) is 14.2 Å². The van der Waals surface area contributed by atoms with Crippen molar-refractivity contribution < 1.29 is 49.6 Å². The van der Waals surface area contributed by atoms with Crippen molar-refractivity contribution in [1.29, 1.82) is 0 Å². The topological polar surface area (TPSA) is 178 Å². The number of aryl methyl sites for hydroxylation is 2. The SMILES string of the molecule is CCCCCCCCCCCCCC[C@@H](O)[C@@H](O)[C@H](CO[C@@H]1OC(CO)[C@H](O)[C@H](O)C1O)NC(=O)CCCCCCCCCCc1ccc(Oc2ccc(C)cc2)cc1. The van der Waals surface area contributed by atoms with Gasteiger partial charge < -0.3 is 50.2 Å². The molecule has 1 aliphatic heterocycles. The summed E-state index contributed by atoms with van der Waals surface area (Å²) in [7, 11) is 0. The van der Waals surface area contributed by atoms with E-state index in [1.807, 2.05) is 36.4 Å². The third-order valence-corrected chi connectivity index (χ3v) is 11.6. The number of unbranched alkanes of at least 4 members (excludes halogenated alkanes) is 18. The van der Waals surface area contributed by atoms with Gasteiger partial charge in [-0.2, -0.15) is 0 Å². The zero-order valence-electron chi connectivity index (χ0n) is 36.2. The van der Waals surface area contributed by atoms with Gasteiger partial charge in [0.15, 0.2) is 6.29 Å². The second-order valence-corrected chi connectivity index (χ2v) is 16.8. The number of ether oxygens (including phenoxy) is 3. The highest BCUT2D eigenvalue weighted by Crippen LogP contribution is 2.25. The summed E-state index contributed by atoms with van der Waals surface area (Å²) >= 11 is 0. The Balaban J connectivity index is 1.32. The summed E-state index contributed by atoms with van der Waals surface area (Å²) in [6, 6.07) is 15.4. The van der Waals surface area contributed by atoms with Crippen LogP contribution in [0.5, 0.6) is 11.5 Å². The van der Waals surface area contributed by atoms with E-state index in [1.54, 1.807) is 0 Å². The van der Waals surface area contributed by atoms with Crippen LogP contribution in [0.25, 0.3) is 0 Å². The van der Waals surface area contributed by atoms with Crippen LogP contribution in [0, 0.1) is 6.92 Å². The Kier molecular flexibility index (Phi) is 26.2. The van der Waals surface area contributed by atoms with Crippen LogP contribution in [0.1, 0.15) is 159 Å². The van der Waals surface area contributed by atoms with Gasteiger partial charge in [-0.1, -0.05) is 152 Å². The average molecular weight is 830 g/mol. The van der Waals surface area contributed by atoms with Crippen molar-refractivity contribution in [2.45, 2.75) is 210 Å². The maximum Gasteiger partial charge on any atom is 0.220 e. The number of hydrogen-bond donors (Lipinski definition) is 7. The highest BCUT2D eigenvalue weighted by molar-refractivity contribution is 5.76.